The Labute approximate surface area is 121 Å². The molecule has 1 saturated carbocycles. The molecule has 2 rings (SSSR count). The van der Waals surface area contributed by atoms with Gasteiger partial charge in [-0.25, -0.2) is 9.89 Å². The van der Waals surface area contributed by atoms with E-state index < -0.39 is 11.5 Å². The fourth-order valence-corrected chi connectivity index (χ4v) is 3.23. The zero-order valence-corrected chi connectivity index (χ0v) is 12.5. The van der Waals surface area contributed by atoms with Gasteiger partial charge in [0.25, 0.3) is 0 Å². The fraction of sp³-hybridized carbons (Fsp3) is 0.750. The maximum atomic E-state index is 11.6. The smallest absolute Gasteiger partial charge is 0.344 e. The molecule has 8 heteroatoms. The normalized spacial score (nSPS) is 17.9. The average molecular weight is 300 g/mol. The number of H-pyrrole nitrogens is 1. The summed E-state index contributed by atoms with van der Waals surface area (Å²) in [7, 11) is 0. The first-order valence-electron chi connectivity index (χ1n) is 6.76. The van der Waals surface area contributed by atoms with Gasteiger partial charge >= 0.3 is 11.7 Å². The van der Waals surface area contributed by atoms with E-state index >= 15 is 0 Å². The van der Waals surface area contributed by atoms with Crippen LogP contribution in [-0.4, -0.2) is 43.7 Å². The topological polar surface area (TPSA) is 100 Å². The van der Waals surface area contributed by atoms with Gasteiger partial charge in [-0.1, -0.05) is 18.7 Å². The van der Waals surface area contributed by atoms with Gasteiger partial charge in [0.15, 0.2) is 5.16 Å². The molecule has 7 nitrogen and oxygen atoms in total. The number of aliphatic carboxylic acids is 1. The van der Waals surface area contributed by atoms with Crippen molar-refractivity contribution in [3.63, 3.8) is 0 Å². The van der Waals surface area contributed by atoms with Crippen LogP contribution in [0.3, 0.4) is 0 Å². The van der Waals surface area contributed by atoms with E-state index in [1.54, 1.807) is 11.5 Å². The van der Waals surface area contributed by atoms with Gasteiger partial charge in [0.05, 0.1) is 0 Å². The molecule has 0 bridgehead atoms. The van der Waals surface area contributed by atoms with E-state index in [1.807, 2.05) is 6.92 Å². The third-order valence-electron chi connectivity index (χ3n) is 3.46. The molecular weight excluding hydrogens is 280 g/mol. The van der Waals surface area contributed by atoms with E-state index in [-0.39, 0.29) is 11.7 Å². The number of hydrogen-bond donors (Lipinski definition) is 3. The Kier molecular flexibility index (Phi) is 4.54. The first-order chi connectivity index (χ1) is 9.48. The standard InChI is InChI=1S/C12H20N4O3S/c1-3-13-12(2,9(17)18)6-7-20-11-15-14-10(19)16(11)8-4-5-8/h8,13H,3-7H2,1-2H3,(H,14,19)(H,17,18). The van der Waals surface area contributed by atoms with Crippen molar-refractivity contribution >= 4 is 17.7 Å². The first-order valence-corrected chi connectivity index (χ1v) is 7.74. The number of carboxylic acid groups (broad SMARTS) is 1. The third kappa shape index (κ3) is 3.24. The largest absolute Gasteiger partial charge is 0.480 e. The summed E-state index contributed by atoms with van der Waals surface area (Å²) in [6.07, 6.45) is 2.49. The number of nitrogens with zero attached hydrogens (tertiary/aromatic N) is 2. The highest BCUT2D eigenvalue weighted by Crippen LogP contribution is 2.36. The average Bonchev–Trinajstić information content (AvgIpc) is 3.15. The van der Waals surface area contributed by atoms with Crippen molar-refractivity contribution in [2.75, 3.05) is 12.3 Å². The summed E-state index contributed by atoms with van der Waals surface area (Å²) in [5.74, 6) is -0.270. The lowest BCUT2D eigenvalue weighted by Crippen LogP contribution is -2.49. The molecule has 1 aliphatic rings. The SMILES string of the molecule is CCNC(C)(CCSc1n[nH]c(=O)n1C1CC1)C(=O)O. The molecule has 0 saturated heterocycles. The minimum atomic E-state index is -0.942. The van der Waals surface area contributed by atoms with E-state index in [4.69, 9.17) is 0 Å². The van der Waals surface area contributed by atoms with Crippen molar-refractivity contribution in [2.45, 2.75) is 49.8 Å². The van der Waals surface area contributed by atoms with Gasteiger partial charge in [0.1, 0.15) is 5.54 Å². The lowest BCUT2D eigenvalue weighted by atomic mass is 9.99. The second-order valence-electron chi connectivity index (χ2n) is 5.18. The second kappa shape index (κ2) is 6.01. The minimum absolute atomic E-state index is 0.178. The van der Waals surface area contributed by atoms with E-state index in [0.29, 0.717) is 23.9 Å². The summed E-state index contributed by atoms with van der Waals surface area (Å²) in [6.45, 7) is 4.16. The maximum Gasteiger partial charge on any atom is 0.344 e. The van der Waals surface area contributed by atoms with E-state index in [0.717, 1.165) is 12.8 Å². The van der Waals surface area contributed by atoms with Crippen molar-refractivity contribution < 1.29 is 9.90 Å². The van der Waals surface area contributed by atoms with Crippen LogP contribution < -0.4 is 11.0 Å². The monoisotopic (exact) mass is 300 g/mol. The summed E-state index contributed by atoms with van der Waals surface area (Å²) in [4.78, 5) is 22.9. The molecule has 0 amide bonds. The Bertz CT molecular complexity index is 537. The molecule has 1 atom stereocenters. The van der Waals surface area contributed by atoms with Gasteiger partial charge in [-0.3, -0.25) is 9.36 Å². The maximum absolute atomic E-state index is 11.6. The van der Waals surface area contributed by atoms with Crippen LogP contribution in [0.5, 0.6) is 0 Å². The highest BCUT2D eigenvalue weighted by molar-refractivity contribution is 7.99. The third-order valence-corrected chi connectivity index (χ3v) is 4.41. The number of aromatic nitrogens is 3. The van der Waals surface area contributed by atoms with Crippen molar-refractivity contribution in [1.29, 1.82) is 0 Å². The summed E-state index contributed by atoms with van der Waals surface area (Å²) < 4.78 is 1.68. The van der Waals surface area contributed by atoms with Crippen LogP contribution in [0.2, 0.25) is 0 Å². The number of hydrogen-bond acceptors (Lipinski definition) is 5. The predicted octanol–water partition coefficient (Wildman–Crippen LogP) is 0.841. The molecule has 1 heterocycles. The number of rotatable bonds is 8. The highest BCUT2D eigenvalue weighted by atomic mass is 32.2. The molecule has 0 aliphatic heterocycles. The van der Waals surface area contributed by atoms with Gasteiger partial charge in [-0.15, -0.1) is 5.10 Å². The van der Waals surface area contributed by atoms with Crippen LogP contribution >= 0.6 is 11.8 Å². The van der Waals surface area contributed by atoms with Gasteiger partial charge in [0, 0.05) is 11.8 Å². The van der Waals surface area contributed by atoms with Crippen LogP contribution in [0.4, 0.5) is 0 Å². The van der Waals surface area contributed by atoms with Crippen LogP contribution in [-0.2, 0) is 4.79 Å². The summed E-state index contributed by atoms with van der Waals surface area (Å²) >= 11 is 1.42. The van der Waals surface area contributed by atoms with Crippen LogP contribution in [0, 0.1) is 0 Å². The number of aromatic amines is 1. The molecule has 1 unspecified atom stereocenters. The highest BCUT2D eigenvalue weighted by Gasteiger charge is 2.32. The molecule has 1 aromatic rings. The Morgan fingerprint density at radius 1 is 1.65 bits per heavy atom. The van der Waals surface area contributed by atoms with E-state index in [2.05, 4.69) is 15.5 Å². The fourth-order valence-electron chi connectivity index (χ4n) is 2.05. The quantitative estimate of drug-likeness (QED) is 0.615. The van der Waals surface area contributed by atoms with Gasteiger partial charge < -0.3 is 10.4 Å². The molecule has 112 valence electrons. The number of nitrogens with one attached hydrogen (secondary N) is 2. The molecule has 0 radical (unpaired) electrons. The molecular formula is C12H20N4O3S. The zero-order valence-electron chi connectivity index (χ0n) is 11.7. The number of likely N-dealkylation sites (N-methyl/N-ethyl adjacent to an activating group) is 1. The van der Waals surface area contributed by atoms with Crippen LogP contribution in [0.1, 0.15) is 39.2 Å². The second-order valence-corrected chi connectivity index (χ2v) is 6.24. The molecule has 0 spiro atoms. The minimum Gasteiger partial charge on any atom is -0.480 e. The van der Waals surface area contributed by atoms with E-state index in [1.165, 1.54) is 11.8 Å². The Hall–Kier alpha value is -1.28. The van der Waals surface area contributed by atoms with Gasteiger partial charge in [0.2, 0.25) is 0 Å². The molecule has 1 aliphatic carbocycles. The first kappa shape index (κ1) is 15.1. The van der Waals surface area contributed by atoms with Crippen molar-refractivity contribution in [2.24, 2.45) is 0 Å². The summed E-state index contributed by atoms with van der Waals surface area (Å²) in [5, 5.41) is 19.4. The van der Waals surface area contributed by atoms with Crippen LogP contribution in [0.15, 0.2) is 9.95 Å². The Morgan fingerprint density at radius 3 is 2.90 bits per heavy atom. The van der Waals surface area contributed by atoms with Crippen molar-refractivity contribution in [3.05, 3.63) is 10.5 Å². The molecule has 1 aromatic heterocycles. The van der Waals surface area contributed by atoms with Crippen molar-refractivity contribution in [3.8, 4) is 0 Å². The Balaban J connectivity index is 1.95. The van der Waals surface area contributed by atoms with E-state index in [9.17, 15) is 14.7 Å². The predicted molar refractivity (Wildman–Crippen MR) is 76.2 cm³/mol. The molecule has 1 fully saturated rings. The summed E-state index contributed by atoms with van der Waals surface area (Å²) in [5.41, 5.74) is -1.12. The number of carbonyl (C=O) groups is 1. The molecule has 3 N–H and O–H groups in total. The molecule has 0 aromatic carbocycles. The molecule has 20 heavy (non-hydrogen) atoms. The number of carboxylic acids is 1. The van der Waals surface area contributed by atoms with Crippen LogP contribution in [0.25, 0.3) is 0 Å². The lowest BCUT2D eigenvalue weighted by molar-refractivity contribution is -0.144. The Morgan fingerprint density at radius 2 is 2.35 bits per heavy atom. The van der Waals surface area contributed by atoms with Gasteiger partial charge in [-0.05, 0) is 32.7 Å². The lowest BCUT2D eigenvalue weighted by Gasteiger charge is -2.25. The van der Waals surface area contributed by atoms with Crippen molar-refractivity contribution in [1.82, 2.24) is 20.1 Å². The number of thioether (sulfide) groups is 1. The summed E-state index contributed by atoms with van der Waals surface area (Å²) in [6, 6.07) is 0.267. The van der Waals surface area contributed by atoms with Gasteiger partial charge in [-0.2, -0.15) is 0 Å². The zero-order chi connectivity index (χ0) is 14.8.